The van der Waals surface area contributed by atoms with E-state index < -0.39 is 5.91 Å². The van der Waals surface area contributed by atoms with Gasteiger partial charge in [-0.05, 0) is 42.8 Å². The maximum atomic E-state index is 12.9. The molecule has 0 spiro atoms. The largest absolute Gasteiger partial charge is 0.550 e. The first-order chi connectivity index (χ1) is 15.8. The zero-order valence-electron chi connectivity index (χ0n) is 18.2. The number of methoxy groups -OCH3 is 2. The molecule has 3 rings (SSSR count). The third-order valence-electron chi connectivity index (χ3n) is 4.53. The lowest BCUT2D eigenvalue weighted by atomic mass is 10.1. The number of aromatic nitrogens is 1. The van der Waals surface area contributed by atoms with Gasteiger partial charge in [0.25, 0.3) is 5.91 Å². The van der Waals surface area contributed by atoms with Gasteiger partial charge in [0.15, 0.2) is 5.96 Å². The molecule has 0 fully saturated rings. The Bertz CT molecular complexity index is 1200. The molecule has 0 aliphatic heterocycles. The van der Waals surface area contributed by atoms with E-state index in [1.54, 1.807) is 56.5 Å². The van der Waals surface area contributed by atoms with Crippen LogP contribution in [-0.4, -0.2) is 42.4 Å². The van der Waals surface area contributed by atoms with Crippen molar-refractivity contribution >= 4 is 35.2 Å². The van der Waals surface area contributed by atoms with E-state index in [1.807, 2.05) is 0 Å². The second-order valence-corrected chi connectivity index (χ2v) is 7.27. The van der Waals surface area contributed by atoms with Crippen LogP contribution in [0.3, 0.4) is 0 Å². The maximum absolute atomic E-state index is 12.9. The van der Waals surface area contributed by atoms with E-state index in [1.165, 1.54) is 7.11 Å². The average Bonchev–Trinajstić information content (AvgIpc) is 3.18. The van der Waals surface area contributed by atoms with Crippen LogP contribution in [0.5, 0.6) is 5.75 Å². The second-order valence-electron chi connectivity index (χ2n) is 6.83. The molecule has 1 heterocycles. The Balaban J connectivity index is 1.76. The molecule has 2 aromatic carbocycles. The molecule has 0 bridgehead atoms. The van der Waals surface area contributed by atoms with Gasteiger partial charge in [-0.3, -0.25) is 10.1 Å². The number of nitrogens with two attached hydrogens (primary N) is 1. The lowest BCUT2D eigenvalue weighted by molar-refractivity contribution is -0.381. The van der Waals surface area contributed by atoms with Crippen LogP contribution in [0.2, 0.25) is 5.02 Å². The number of aliphatic hydroxyl groups is 1. The van der Waals surface area contributed by atoms with Crippen LogP contribution in [0.4, 0.5) is 5.69 Å². The van der Waals surface area contributed by atoms with Gasteiger partial charge in [-0.2, -0.15) is 0 Å². The average molecular weight is 473 g/mol. The van der Waals surface area contributed by atoms with Crippen LogP contribution in [0.1, 0.15) is 21.7 Å². The highest BCUT2D eigenvalue weighted by atomic mass is 35.5. The van der Waals surface area contributed by atoms with Crippen molar-refractivity contribution in [3.63, 3.8) is 0 Å². The molecule has 0 radical (unpaired) electrons. The summed E-state index contributed by atoms with van der Waals surface area (Å²) in [4.78, 5) is 19.7. The number of rotatable bonds is 6. The number of aliphatic hydroxyl groups excluding tert-OH is 1. The summed E-state index contributed by atoms with van der Waals surface area (Å²) in [5.74, 6) is 0.415. The zero-order chi connectivity index (χ0) is 24.0. The van der Waals surface area contributed by atoms with Crippen LogP contribution in [0.25, 0.3) is 11.3 Å². The summed E-state index contributed by atoms with van der Waals surface area (Å²) in [6.45, 7) is 1.76. The molecule has 0 aliphatic carbocycles. The number of nitrogens with zero attached hydrogens (tertiary/aromatic N) is 2. The number of benzene rings is 2. The molecule has 1 amide bonds. The van der Waals surface area contributed by atoms with Gasteiger partial charge in [0.05, 0.1) is 20.8 Å². The number of carbonyl (C=O) groups is 1. The number of hydrogen-bond acceptors (Lipinski definition) is 6. The number of hydrogen-bond donors (Lipinski definition) is 4. The highest BCUT2D eigenvalue weighted by Gasteiger charge is 2.22. The van der Waals surface area contributed by atoms with E-state index in [4.69, 9.17) is 26.6 Å². The van der Waals surface area contributed by atoms with Gasteiger partial charge in [0.2, 0.25) is 5.69 Å². The van der Waals surface area contributed by atoms with E-state index >= 15 is 0 Å². The number of aryl methyl sites for hydroxylation is 1. The number of carbonyl (C=O) groups excluding carboxylic acids is 1. The molecule has 1 aromatic heterocycles. The summed E-state index contributed by atoms with van der Waals surface area (Å²) in [6, 6.07) is 12.0. The number of guanidine groups is 1. The Morgan fingerprint density at radius 3 is 2.67 bits per heavy atom. The number of amides is 1. The SMILES string of the molecule is COC(O)=[NH+]c1cc(Cl)cc(CN=C(N)NC(=O)c2c(-c3ccc(OC)cc3)noc2C)c1. The summed E-state index contributed by atoms with van der Waals surface area (Å²) in [5.41, 5.74) is 8.41. The third-order valence-corrected chi connectivity index (χ3v) is 4.75. The highest BCUT2D eigenvalue weighted by molar-refractivity contribution is 6.30. The summed E-state index contributed by atoms with van der Waals surface area (Å²) < 4.78 is 15.1. The van der Waals surface area contributed by atoms with Gasteiger partial charge in [-0.1, -0.05) is 16.8 Å². The minimum atomic E-state index is -0.506. The molecular formula is C22H23ClN5O5+. The Hall–Kier alpha value is -4.05. The topological polar surface area (TPSA) is 146 Å². The fraction of sp³-hybridized carbons (Fsp3) is 0.182. The molecule has 33 heavy (non-hydrogen) atoms. The van der Waals surface area contributed by atoms with E-state index in [9.17, 15) is 9.90 Å². The van der Waals surface area contributed by atoms with Crippen LogP contribution in [0.15, 0.2) is 52.0 Å². The summed E-state index contributed by atoms with van der Waals surface area (Å²) >= 11 is 6.11. The van der Waals surface area contributed by atoms with Crippen molar-refractivity contribution in [1.29, 1.82) is 0 Å². The number of aliphatic imine (C=N–C) groups is 1. The minimum Gasteiger partial charge on any atom is -0.497 e. The van der Waals surface area contributed by atoms with Gasteiger partial charge >= 0.3 is 6.08 Å². The summed E-state index contributed by atoms with van der Waals surface area (Å²) in [6.07, 6.45) is -0.379. The lowest BCUT2D eigenvalue weighted by Gasteiger charge is -2.06. The van der Waals surface area contributed by atoms with E-state index in [0.717, 1.165) is 0 Å². The first-order valence-corrected chi connectivity index (χ1v) is 10.1. The highest BCUT2D eigenvalue weighted by Crippen LogP contribution is 2.27. The number of ether oxygens (including phenoxy) is 2. The van der Waals surface area contributed by atoms with E-state index in [2.05, 4.69) is 25.2 Å². The molecule has 0 saturated heterocycles. The Morgan fingerprint density at radius 1 is 1.27 bits per heavy atom. The minimum absolute atomic E-state index is 0.0953. The standard InChI is InChI=1S/C22H22ClN5O5/c1-12-18(19(28-33-12)14-4-6-17(31-2)7-5-14)20(29)27-21(24)25-11-13-8-15(23)10-16(9-13)26-22(30)32-3/h4-10H,11H2,1-3H3,(H,26,30)(H3,24,25,27,29)/p+1. The van der Waals surface area contributed by atoms with Crippen LogP contribution in [0, 0.1) is 6.92 Å². The van der Waals surface area contributed by atoms with E-state index in [0.29, 0.717) is 39.0 Å². The first-order valence-electron chi connectivity index (χ1n) is 9.69. The van der Waals surface area contributed by atoms with Crippen molar-refractivity contribution < 1.29 is 28.9 Å². The van der Waals surface area contributed by atoms with Crippen molar-refractivity contribution in [1.82, 2.24) is 10.5 Å². The Kier molecular flexibility index (Phi) is 7.52. The molecule has 172 valence electrons. The predicted octanol–water partition coefficient (Wildman–Crippen LogP) is 1.83. The monoisotopic (exact) mass is 472 g/mol. The van der Waals surface area contributed by atoms with Gasteiger partial charge in [-0.15, -0.1) is 4.99 Å². The predicted molar refractivity (Wildman–Crippen MR) is 123 cm³/mol. The molecule has 0 atom stereocenters. The molecule has 11 heteroatoms. The van der Waals surface area contributed by atoms with Gasteiger partial charge in [-0.25, -0.2) is 4.99 Å². The molecule has 0 aliphatic rings. The fourth-order valence-electron chi connectivity index (χ4n) is 2.97. The Morgan fingerprint density at radius 2 is 2.00 bits per heavy atom. The molecule has 0 unspecified atom stereocenters. The zero-order valence-corrected chi connectivity index (χ0v) is 18.9. The lowest BCUT2D eigenvalue weighted by Crippen LogP contribution is -2.67. The third kappa shape index (κ3) is 6.01. The normalized spacial score (nSPS) is 11.9. The Labute approximate surface area is 194 Å². The molecular weight excluding hydrogens is 450 g/mol. The van der Waals surface area contributed by atoms with E-state index in [-0.39, 0.29) is 24.2 Å². The number of halogens is 1. The molecule has 0 saturated carbocycles. The van der Waals surface area contributed by atoms with Gasteiger partial charge in [0, 0.05) is 22.7 Å². The van der Waals surface area contributed by atoms with Gasteiger partial charge < -0.3 is 24.8 Å². The fourth-order valence-corrected chi connectivity index (χ4v) is 3.23. The van der Waals surface area contributed by atoms with Crippen molar-refractivity contribution in [2.24, 2.45) is 10.7 Å². The summed E-state index contributed by atoms with van der Waals surface area (Å²) in [7, 11) is 2.89. The van der Waals surface area contributed by atoms with Crippen molar-refractivity contribution in [2.75, 3.05) is 14.2 Å². The van der Waals surface area contributed by atoms with Crippen molar-refractivity contribution in [3.8, 4) is 17.0 Å². The maximum Gasteiger partial charge on any atom is 0.550 e. The molecule has 3 aromatic rings. The second kappa shape index (κ2) is 10.5. The summed E-state index contributed by atoms with van der Waals surface area (Å²) in [5, 5.41) is 16.4. The first kappa shape index (κ1) is 23.6. The molecule has 10 nitrogen and oxygen atoms in total. The van der Waals surface area contributed by atoms with Crippen LogP contribution >= 0.6 is 11.6 Å². The van der Waals surface area contributed by atoms with Crippen molar-refractivity contribution in [2.45, 2.75) is 13.5 Å². The smallest absolute Gasteiger partial charge is 0.497 e. The van der Waals surface area contributed by atoms with Crippen LogP contribution < -0.4 is 20.8 Å². The van der Waals surface area contributed by atoms with Gasteiger partial charge in [0.1, 0.15) is 22.8 Å². The molecule has 5 N–H and O–H groups in total. The van der Waals surface area contributed by atoms with Crippen molar-refractivity contribution in [3.05, 3.63) is 64.4 Å². The quantitative estimate of drug-likeness (QED) is 0.316. The number of nitrogens with one attached hydrogen (secondary N) is 2. The van der Waals surface area contributed by atoms with Crippen LogP contribution in [-0.2, 0) is 11.3 Å².